The molecule has 2 heterocycles. The summed E-state index contributed by atoms with van der Waals surface area (Å²) >= 11 is 1.54. The predicted octanol–water partition coefficient (Wildman–Crippen LogP) is 2.10. The molecule has 7 heteroatoms. The Morgan fingerprint density at radius 1 is 1.47 bits per heavy atom. The lowest BCUT2D eigenvalue weighted by Gasteiger charge is -2.19. The number of nitrogens with two attached hydrogens (primary N) is 1. The van der Waals surface area contributed by atoms with Gasteiger partial charge in [-0.2, -0.15) is 4.98 Å². The molecule has 0 bridgehead atoms. The highest BCUT2D eigenvalue weighted by Crippen LogP contribution is 2.22. The summed E-state index contributed by atoms with van der Waals surface area (Å²) in [6, 6.07) is 0. The van der Waals surface area contributed by atoms with Crippen LogP contribution < -0.4 is 5.73 Å². The van der Waals surface area contributed by atoms with Gasteiger partial charge in [-0.25, -0.2) is 4.98 Å². The topological polar surface area (TPSA) is 87.1 Å². The molecule has 104 valence electrons. The van der Waals surface area contributed by atoms with Crippen molar-refractivity contribution in [3.8, 4) is 11.6 Å². The molecule has 0 aliphatic rings. The predicted molar refractivity (Wildman–Crippen MR) is 72.8 cm³/mol. The molecule has 19 heavy (non-hydrogen) atoms. The second-order valence-corrected chi connectivity index (χ2v) is 5.71. The van der Waals surface area contributed by atoms with Crippen molar-refractivity contribution >= 4 is 11.3 Å². The van der Waals surface area contributed by atoms with E-state index in [-0.39, 0.29) is 0 Å². The molecule has 0 aliphatic heterocycles. The molecule has 2 rings (SSSR count). The first-order chi connectivity index (χ1) is 9.03. The van der Waals surface area contributed by atoms with E-state index in [9.17, 15) is 0 Å². The quantitative estimate of drug-likeness (QED) is 0.816. The number of thiazole rings is 1. The molecular formula is C12H18N4O2S. The van der Waals surface area contributed by atoms with Gasteiger partial charge in [0, 0.05) is 12.0 Å². The number of hydrogen-bond acceptors (Lipinski definition) is 7. The second-order valence-electron chi connectivity index (χ2n) is 4.64. The van der Waals surface area contributed by atoms with Gasteiger partial charge in [-0.05, 0) is 20.3 Å². The minimum absolute atomic E-state index is 0.357. The van der Waals surface area contributed by atoms with Gasteiger partial charge in [0.2, 0.25) is 0 Å². The number of nitrogens with zero attached hydrogens (tertiary/aromatic N) is 3. The molecule has 1 atom stereocenters. The fourth-order valence-corrected chi connectivity index (χ4v) is 2.10. The van der Waals surface area contributed by atoms with E-state index in [0.717, 1.165) is 11.4 Å². The van der Waals surface area contributed by atoms with Crippen LogP contribution in [0.5, 0.6) is 0 Å². The zero-order valence-electron chi connectivity index (χ0n) is 11.3. The number of aryl methyl sites for hydroxylation is 1. The van der Waals surface area contributed by atoms with Crippen LogP contribution in [-0.4, -0.2) is 28.3 Å². The summed E-state index contributed by atoms with van der Waals surface area (Å²) in [6.45, 7) is 6.82. The van der Waals surface area contributed by atoms with E-state index in [1.807, 2.05) is 26.2 Å². The van der Waals surface area contributed by atoms with Gasteiger partial charge in [-0.1, -0.05) is 12.1 Å². The lowest BCUT2D eigenvalue weighted by molar-refractivity contribution is 0.0867. The Morgan fingerprint density at radius 2 is 2.26 bits per heavy atom. The van der Waals surface area contributed by atoms with Gasteiger partial charge in [0.15, 0.2) is 5.82 Å². The molecule has 0 radical (unpaired) electrons. The van der Waals surface area contributed by atoms with E-state index >= 15 is 0 Å². The Kier molecular flexibility index (Phi) is 4.28. The average Bonchev–Trinajstić information content (AvgIpc) is 2.97. The first kappa shape index (κ1) is 14.1. The minimum atomic E-state index is -0.762. The summed E-state index contributed by atoms with van der Waals surface area (Å²) in [5.41, 5.74) is 6.07. The average molecular weight is 282 g/mol. The third-order valence-electron chi connectivity index (χ3n) is 2.53. The lowest BCUT2D eigenvalue weighted by Crippen LogP contribution is -2.39. The zero-order chi connectivity index (χ0) is 13.9. The maximum Gasteiger partial charge on any atom is 0.277 e. The van der Waals surface area contributed by atoms with Crippen molar-refractivity contribution in [3.63, 3.8) is 0 Å². The van der Waals surface area contributed by atoms with Crippen molar-refractivity contribution in [1.29, 1.82) is 0 Å². The monoisotopic (exact) mass is 282 g/mol. The SMILES string of the molecule is CCCOCC(C)(N)c1noc(-c2csc(C)n2)n1. The van der Waals surface area contributed by atoms with Crippen LogP contribution in [-0.2, 0) is 10.3 Å². The normalized spacial score (nSPS) is 14.5. The highest BCUT2D eigenvalue weighted by Gasteiger charge is 2.28. The standard InChI is InChI=1S/C12H18N4O2S/c1-4-5-17-7-12(3,13)11-15-10(18-16-11)9-6-19-8(2)14-9/h6H,4-5,7,13H2,1-3H3. The van der Waals surface area contributed by atoms with Crippen LogP contribution in [0.4, 0.5) is 0 Å². The van der Waals surface area contributed by atoms with Gasteiger partial charge in [0.05, 0.1) is 11.6 Å². The van der Waals surface area contributed by atoms with E-state index < -0.39 is 5.54 Å². The van der Waals surface area contributed by atoms with Crippen LogP contribution in [0, 0.1) is 6.92 Å². The number of rotatable bonds is 6. The third kappa shape index (κ3) is 3.37. The van der Waals surface area contributed by atoms with E-state index in [0.29, 0.717) is 30.6 Å². The van der Waals surface area contributed by atoms with E-state index in [1.165, 1.54) is 11.3 Å². The van der Waals surface area contributed by atoms with Crippen LogP contribution in [0.15, 0.2) is 9.90 Å². The Morgan fingerprint density at radius 3 is 2.89 bits per heavy atom. The number of ether oxygens (including phenoxy) is 1. The van der Waals surface area contributed by atoms with Crippen molar-refractivity contribution in [1.82, 2.24) is 15.1 Å². The highest BCUT2D eigenvalue weighted by molar-refractivity contribution is 7.09. The summed E-state index contributed by atoms with van der Waals surface area (Å²) in [5.74, 6) is 0.829. The van der Waals surface area contributed by atoms with E-state index in [4.69, 9.17) is 15.0 Å². The Hall–Kier alpha value is -1.31. The Balaban J connectivity index is 2.11. The summed E-state index contributed by atoms with van der Waals surface area (Å²) in [4.78, 5) is 8.61. The molecule has 0 spiro atoms. The van der Waals surface area contributed by atoms with Gasteiger partial charge in [0.1, 0.15) is 11.2 Å². The largest absolute Gasteiger partial charge is 0.379 e. The fraction of sp³-hybridized carbons (Fsp3) is 0.583. The summed E-state index contributed by atoms with van der Waals surface area (Å²) in [5, 5.41) is 6.76. The maximum atomic E-state index is 6.15. The second kappa shape index (κ2) is 5.77. The fourth-order valence-electron chi connectivity index (χ4n) is 1.51. The lowest BCUT2D eigenvalue weighted by atomic mass is 10.1. The van der Waals surface area contributed by atoms with Gasteiger partial charge < -0.3 is 15.0 Å². The van der Waals surface area contributed by atoms with Crippen LogP contribution in [0.2, 0.25) is 0 Å². The molecule has 0 saturated carbocycles. The molecule has 2 aromatic rings. The molecule has 0 saturated heterocycles. The molecular weight excluding hydrogens is 264 g/mol. The molecule has 0 fully saturated rings. The maximum absolute atomic E-state index is 6.15. The number of hydrogen-bond donors (Lipinski definition) is 1. The first-order valence-electron chi connectivity index (χ1n) is 6.16. The summed E-state index contributed by atoms with van der Waals surface area (Å²) in [6.07, 6.45) is 0.950. The van der Waals surface area contributed by atoms with Gasteiger partial charge >= 0.3 is 0 Å². The molecule has 0 aliphatic carbocycles. The smallest absolute Gasteiger partial charge is 0.277 e. The zero-order valence-corrected chi connectivity index (χ0v) is 12.2. The third-order valence-corrected chi connectivity index (χ3v) is 3.30. The molecule has 6 nitrogen and oxygen atoms in total. The van der Waals surface area contributed by atoms with Crippen LogP contribution in [0.3, 0.4) is 0 Å². The molecule has 0 amide bonds. The van der Waals surface area contributed by atoms with Crippen molar-refractivity contribution in [3.05, 3.63) is 16.2 Å². The van der Waals surface area contributed by atoms with E-state index in [1.54, 1.807) is 0 Å². The van der Waals surface area contributed by atoms with Crippen molar-refractivity contribution in [2.24, 2.45) is 5.73 Å². The molecule has 2 aromatic heterocycles. The summed E-state index contributed by atoms with van der Waals surface area (Å²) < 4.78 is 10.7. The highest BCUT2D eigenvalue weighted by atomic mass is 32.1. The van der Waals surface area contributed by atoms with Gasteiger partial charge in [-0.3, -0.25) is 0 Å². The van der Waals surface area contributed by atoms with Crippen molar-refractivity contribution in [2.75, 3.05) is 13.2 Å². The minimum Gasteiger partial charge on any atom is -0.379 e. The van der Waals surface area contributed by atoms with Gasteiger partial charge in [-0.15, -0.1) is 11.3 Å². The van der Waals surface area contributed by atoms with Crippen LogP contribution in [0.25, 0.3) is 11.6 Å². The Bertz CT molecular complexity index is 535. The van der Waals surface area contributed by atoms with Crippen LogP contribution >= 0.6 is 11.3 Å². The molecule has 1 unspecified atom stereocenters. The molecule has 2 N–H and O–H groups in total. The van der Waals surface area contributed by atoms with Crippen molar-refractivity contribution < 1.29 is 9.26 Å². The Labute approximate surface area is 116 Å². The number of aromatic nitrogens is 3. The van der Waals surface area contributed by atoms with Crippen LogP contribution in [0.1, 0.15) is 31.1 Å². The summed E-state index contributed by atoms with van der Waals surface area (Å²) in [7, 11) is 0. The van der Waals surface area contributed by atoms with Gasteiger partial charge in [0.25, 0.3) is 5.89 Å². The van der Waals surface area contributed by atoms with Crippen molar-refractivity contribution in [2.45, 2.75) is 32.7 Å². The van der Waals surface area contributed by atoms with E-state index in [2.05, 4.69) is 15.1 Å². The first-order valence-corrected chi connectivity index (χ1v) is 7.04. The molecule has 0 aromatic carbocycles.